The van der Waals surface area contributed by atoms with Crippen molar-refractivity contribution in [3.63, 3.8) is 0 Å². The second-order valence-corrected chi connectivity index (χ2v) is 8.56. The molecule has 1 fully saturated rings. The van der Waals surface area contributed by atoms with Crippen LogP contribution in [0.5, 0.6) is 0 Å². The van der Waals surface area contributed by atoms with Gasteiger partial charge in [-0.05, 0) is 50.8 Å². The first kappa shape index (κ1) is 21.1. The van der Waals surface area contributed by atoms with Gasteiger partial charge in [0.2, 0.25) is 11.7 Å². The molecule has 0 radical (unpaired) electrons. The number of carbonyl (C=O) groups excluding carboxylic acids is 3. The number of carbonyl (C=O) groups is 3. The molecule has 1 atom stereocenters. The molecule has 1 saturated heterocycles. The molecular formula is C22H31NO4. The second kappa shape index (κ2) is 8.24. The first-order valence-electron chi connectivity index (χ1n) is 9.62. The highest BCUT2D eigenvalue weighted by Crippen LogP contribution is 2.25. The van der Waals surface area contributed by atoms with Crippen molar-refractivity contribution in [3.05, 3.63) is 34.9 Å². The number of Topliss-reactive ketones (excluding diaryl/α,β-unsaturated/α-hetero) is 1. The molecule has 0 unspecified atom stereocenters. The lowest BCUT2D eigenvalue weighted by Gasteiger charge is -2.35. The summed E-state index contributed by atoms with van der Waals surface area (Å²) in [6.07, 6.45) is 0.338. The predicted octanol–water partition coefficient (Wildman–Crippen LogP) is 3.70. The molecule has 1 aromatic rings. The van der Waals surface area contributed by atoms with Crippen molar-refractivity contribution in [2.75, 3.05) is 13.1 Å². The number of hydrogen-bond donors (Lipinski definition) is 0. The van der Waals surface area contributed by atoms with Crippen LogP contribution in [-0.4, -0.2) is 41.8 Å². The summed E-state index contributed by atoms with van der Waals surface area (Å²) in [7, 11) is 0. The van der Waals surface area contributed by atoms with E-state index in [1.807, 2.05) is 51.7 Å². The van der Waals surface area contributed by atoms with Gasteiger partial charge in [0, 0.05) is 24.1 Å². The van der Waals surface area contributed by atoms with Crippen LogP contribution in [-0.2, 0) is 14.3 Å². The lowest BCUT2D eigenvalue weighted by Crippen LogP contribution is -2.45. The molecular weight excluding hydrogens is 342 g/mol. The molecule has 148 valence electrons. The molecule has 0 aliphatic carbocycles. The van der Waals surface area contributed by atoms with Crippen molar-refractivity contribution in [1.82, 2.24) is 4.90 Å². The van der Waals surface area contributed by atoms with Crippen molar-refractivity contribution >= 4 is 17.7 Å². The molecule has 5 nitrogen and oxygen atoms in total. The highest BCUT2D eigenvalue weighted by Gasteiger charge is 2.34. The van der Waals surface area contributed by atoms with Crippen molar-refractivity contribution in [2.45, 2.75) is 60.5 Å². The van der Waals surface area contributed by atoms with Crippen LogP contribution in [0.15, 0.2) is 18.2 Å². The van der Waals surface area contributed by atoms with Gasteiger partial charge in [-0.3, -0.25) is 14.4 Å². The molecule has 0 bridgehead atoms. The molecule has 1 aromatic carbocycles. The number of ether oxygens (including phenoxy) is 1. The fourth-order valence-corrected chi connectivity index (χ4v) is 3.25. The number of ketones is 1. The number of benzene rings is 1. The van der Waals surface area contributed by atoms with Gasteiger partial charge in [0.15, 0.2) is 6.10 Å². The number of hydrogen-bond acceptors (Lipinski definition) is 4. The van der Waals surface area contributed by atoms with Crippen LogP contribution >= 0.6 is 0 Å². The van der Waals surface area contributed by atoms with Gasteiger partial charge in [0.25, 0.3) is 0 Å². The molecule has 5 heteroatoms. The van der Waals surface area contributed by atoms with Crippen LogP contribution in [0.25, 0.3) is 0 Å². The lowest BCUT2D eigenvalue weighted by atomic mass is 9.91. The van der Waals surface area contributed by atoms with E-state index < -0.39 is 11.5 Å². The Morgan fingerprint density at radius 3 is 2.19 bits per heavy atom. The van der Waals surface area contributed by atoms with Gasteiger partial charge in [-0.1, -0.05) is 32.9 Å². The van der Waals surface area contributed by atoms with Gasteiger partial charge in [0.05, 0.1) is 5.92 Å². The Hall–Kier alpha value is -2.17. The average molecular weight is 373 g/mol. The van der Waals surface area contributed by atoms with Crippen LogP contribution in [0, 0.1) is 25.2 Å². The Kier molecular flexibility index (Phi) is 6.45. The number of amides is 1. The summed E-state index contributed by atoms with van der Waals surface area (Å²) in [5.41, 5.74) is 2.30. The van der Waals surface area contributed by atoms with Gasteiger partial charge in [-0.2, -0.15) is 0 Å². The van der Waals surface area contributed by atoms with E-state index >= 15 is 0 Å². The zero-order valence-electron chi connectivity index (χ0n) is 17.3. The van der Waals surface area contributed by atoms with Gasteiger partial charge in [0.1, 0.15) is 0 Å². The monoisotopic (exact) mass is 373 g/mol. The van der Waals surface area contributed by atoms with E-state index in [4.69, 9.17) is 4.74 Å². The summed E-state index contributed by atoms with van der Waals surface area (Å²) in [6, 6.07) is 5.50. The lowest BCUT2D eigenvalue weighted by molar-refractivity contribution is -0.155. The van der Waals surface area contributed by atoms with E-state index in [0.29, 0.717) is 31.5 Å². The van der Waals surface area contributed by atoms with E-state index in [0.717, 1.165) is 11.1 Å². The van der Waals surface area contributed by atoms with E-state index in [9.17, 15) is 14.4 Å². The maximum atomic E-state index is 12.5. The number of piperidine rings is 1. The van der Waals surface area contributed by atoms with Gasteiger partial charge >= 0.3 is 5.97 Å². The number of esters is 1. The molecule has 0 N–H and O–H groups in total. The van der Waals surface area contributed by atoms with E-state index in [1.165, 1.54) is 0 Å². The minimum Gasteiger partial charge on any atom is -0.454 e. The summed E-state index contributed by atoms with van der Waals surface area (Å²) in [6.45, 7) is 12.4. The number of aryl methyl sites for hydroxylation is 2. The Morgan fingerprint density at radius 2 is 1.67 bits per heavy atom. The highest BCUT2D eigenvalue weighted by molar-refractivity contribution is 6.00. The number of likely N-dealkylation sites (tertiary alicyclic amines) is 1. The van der Waals surface area contributed by atoms with Gasteiger partial charge in [-0.15, -0.1) is 0 Å². The largest absolute Gasteiger partial charge is 0.454 e. The van der Waals surface area contributed by atoms with Crippen LogP contribution < -0.4 is 0 Å². The Labute approximate surface area is 162 Å². The standard InChI is InChI=1S/C22H31NO4/c1-14-7-8-18(13-15(14)2)19(24)16(3)27-20(25)17-9-11-23(12-10-17)21(26)22(4,5)6/h7-8,13,16-17H,9-12H2,1-6H3/t16-/m0/s1. The Balaban J connectivity index is 1.91. The SMILES string of the molecule is Cc1ccc(C(=O)[C@H](C)OC(=O)C2CCN(C(=O)C(C)(C)C)CC2)cc1C. The predicted molar refractivity (Wildman–Crippen MR) is 105 cm³/mol. The van der Waals surface area contributed by atoms with E-state index in [2.05, 4.69) is 0 Å². The maximum absolute atomic E-state index is 12.5. The quantitative estimate of drug-likeness (QED) is 0.596. The Morgan fingerprint density at radius 1 is 1.07 bits per heavy atom. The molecule has 1 aliphatic heterocycles. The van der Waals surface area contributed by atoms with Crippen LogP contribution in [0.3, 0.4) is 0 Å². The normalized spacial score (nSPS) is 16.7. The Bertz CT molecular complexity index is 724. The number of rotatable bonds is 4. The van der Waals surface area contributed by atoms with Crippen molar-refractivity contribution in [3.8, 4) is 0 Å². The van der Waals surface area contributed by atoms with Crippen molar-refractivity contribution in [2.24, 2.45) is 11.3 Å². The molecule has 27 heavy (non-hydrogen) atoms. The first-order chi connectivity index (χ1) is 12.5. The maximum Gasteiger partial charge on any atom is 0.309 e. The van der Waals surface area contributed by atoms with Crippen LogP contribution in [0.4, 0.5) is 0 Å². The molecule has 0 saturated carbocycles. The molecule has 0 spiro atoms. The van der Waals surface area contributed by atoms with Crippen LogP contribution in [0.1, 0.15) is 62.0 Å². The summed E-state index contributed by atoms with van der Waals surface area (Å²) in [5, 5.41) is 0. The minimum atomic E-state index is -0.811. The second-order valence-electron chi connectivity index (χ2n) is 8.56. The highest BCUT2D eigenvalue weighted by atomic mass is 16.5. The third kappa shape index (κ3) is 5.18. The first-order valence-corrected chi connectivity index (χ1v) is 9.62. The topological polar surface area (TPSA) is 63.7 Å². The summed E-state index contributed by atoms with van der Waals surface area (Å²) >= 11 is 0. The summed E-state index contributed by atoms with van der Waals surface area (Å²) in [5.74, 6) is -0.689. The van der Waals surface area contributed by atoms with Gasteiger partial charge in [-0.25, -0.2) is 0 Å². The fourth-order valence-electron chi connectivity index (χ4n) is 3.25. The fraction of sp³-hybridized carbons (Fsp3) is 0.591. The molecule has 1 amide bonds. The van der Waals surface area contributed by atoms with E-state index in [1.54, 1.807) is 13.0 Å². The molecule has 2 rings (SSSR count). The summed E-state index contributed by atoms with van der Waals surface area (Å²) < 4.78 is 5.45. The molecule has 1 heterocycles. The third-order valence-corrected chi connectivity index (χ3v) is 5.21. The van der Waals surface area contributed by atoms with Crippen LogP contribution in [0.2, 0.25) is 0 Å². The zero-order chi connectivity index (χ0) is 20.4. The smallest absolute Gasteiger partial charge is 0.309 e. The zero-order valence-corrected chi connectivity index (χ0v) is 17.3. The number of nitrogens with zero attached hydrogens (tertiary/aromatic N) is 1. The van der Waals surface area contributed by atoms with Gasteiger partial charge < -0.3 is 9.64 Å². The molecule has 0 aromatic heterocycles. The van der Waals surface area contributed by atoms with Crippen molar-refractivity contribution < 1.29 is 19.1 Å². The van der Waals surface area contributed by atoms with E-state index in [-0.39, 0.29) is 23.6 Å². The molecule has 1 aliphatic rings. The average Bonchev–Trinajstić information content (AvgIpc) is 2.62. The van der Waals surface area contributed by atoms with Crippen molar-refractivity contribution in [1.29, 1.82) is 0 Å². The minimum absolute atomic E-state index is 0.104. The third-order valence-electron chi connectivity index (χ3n) is 5.21. The summed E-state index contributed by atoms with van der Waals surface area (Å²) in [4.78, 5) is 39.2.